The summed E-state index contributed by atoms with van der Waals surface area (Å²) in [7, 11) is -1.73. The van der Waals surface area contributed by atoms with Gasteiger partial charge in [-0.25, -0.2) is 8.42 Å². The molecule has 0 saturated carbocycles. The number of thiophene rings is 1. The van der Waals surface area contributed by atoms with Crippen LogP contribution in [0, 0.1) is 0 Å². The lowest BCUT2D eigenvalue weighted by Gasteiger charge is -2.30. The Morgan fingerprint density at radius 3 is 3.00 bits per heavy atom. The molecular formula is C14H24N2O3S2. The van der Waals surface area contributed by atoms with Crippen molar-refractivity contribution in [3.63, 3.8) is 0 Å². The van der Waals surface area contributed by atoms with E-state index in [9.17, 15) is 8.42 Å². The van der Waals surface area contributed by atoms with Gasteiger partial charge in [-0.2, -0.15) is 4.31 Å². The molecule has 1 aliphatic heterocycles. The number of nitrogens with one attached hydrogen (secondary N) is 1. The van der Waals surface area contributed by atoms with Crippen molar-refractivity contribution >= 4 is 21.4 Å². The van der Waals surface area contributed by atoms with E-state index in [1.165, 1.54) is 11.3 Å². The molecule has 1 aromatic rings. The smallest absolute Gasteiger partial charge is 0.252 e. The van der Waals surface area contributed by atoms with Gasteiger partial charge in [-0.3, -0.25) is 0 Å². The summed E-state index contributed by atoms with van der Waals surface area (Å²) >= 11 is 1.36. The first kappa shape index (κ1) is 16.9. The molecule has 5 nitrogen and oxygen atoms in total. The van der Waals surface area contributed by atoms with Crippen LogP contribution in [0.5, 0.6) is 0 Å². The topological polar surface area (TPSA) is 58.6 Å². The van der Waals surface area contributed by atoms with Crippen LogP contribution in [0.25, 0.3) is 0 Å². The highest BCUT2D eigenvalue weighted by atomic mass is 32.2. The van der Waals surface area contributed by atoms with Gasteiger partial charge >= 0.3 is 0 Å². The fraction of sp³-hybridized carbons (Fsp3) is 0.714. The highest BCUT2D eigenvalue weighted by Gasteiger charge is 2.31. The van der Waals surface area contributed by atoms with Crippen molar-refractivity contribution in [2.24, 2.45) is 0 Å². The van der Waals surface area contributed by atoms with E-state index in [2.05, 4.69) is 12.2 Å². The maximum absolute atomic E-state index is 12.7. The van der Waals surface area contributed by atoms with Crippen LogP contribution in [0.15, 0.2) is 16.3 Å². The second kappa shape index (κ2) is 7.69. The van der Waals surface area contributed by atoms with Crippen LogP contribution >= 0.6 is 11.3 Å². The van der Waals surface area contributed by atoms with Gasteiger partial charge in [0.2, 0.25) is 0 Å². The molecule has 0 bridgehead atoms. The summed E-state index contributed by atoms with van der Waals surface area (Å²) in [4.78, 5) is 1.06. The van der Waals surface area contributed by atoms with Crippen LogP contribution in [0.3, 0.4) is 0 Å². The lowest BCUT2D eigenvalue weighted by atomic mass is 10.1. The summed E-state index contributed by atoms with van der Waals surface area (Å²) in [6, 6.07) is 3.62. The second-order valence-electron chi connectivity index (χ2n) is 5.26. The fourth-order valence-corrected chi connectivity index (χ4v) is 5.41. The molecular weight excluding hydrogens is 308 g/mol. The fourth-order valence-electron chi connectivity index (χ4n) is 2.42. The van der Waals surface area contributed by atoms with E-state index >= 15 is 0 Å². The maximum Gasteiger partial charge on any atom is 0.252 e. The third-order valence-corrected chi connectivity index (χ3v) is 7.05. The van der Waals surface area contributed by atoms with Crippen LogP contribution in [-0.4, -0.2) is 45.6 Å². The predicted octanol–water partition coefficient (Wildman–Crippen LogP) is 2.05. The number of methoxy groups -OCH3 is 1. The number of piperidine rings is 1. The molecule has 1 fully saturated rings. The van der Waals surface area contributed by atoms with Gasteiger partial charge in [0.25, 0.3) is 10.0 Å². The minimum Gasteiger partial charge on any atom is -0.380 e. The van der Waals surface area contributed by atoms with Crippen molar-refractivity contribution < 1.29 is 13.2 Å². The number of ether oxygens (including phenoxy) is 1. The minimum absolute atomic E-state index is 0.0131. The molecule has 120 valence electrons. The largest absolute Gasteiger partial charge is 0.380 e. The van der Waals surface area contributed by atoms with Gasteiger partial charge in [0.05, 0.1) is 6.10 Å². The second-order valence-corrected chi connectivity index (χ2v) is 8.59. The van der Waals surface area contributed by atoms with E-state index in [1.54, 1.807) is 17.5 Å². The van der Waals surface area contributed by atoms with Crippen molar-refractivity contribution in [3.05, 3.63) is 17.0 Å². The summed E-state index contributed by atoms with van der Waals surface area (Å²) in [5, 5.41) is 3.29. The predicted molar refractivity (Wildman–Crippen MR) is 85.1 cm³/mol. The molecule has 0 aromatic carbocycles. The first-order valence-corrected chi connectivity index (χ1v) is 9.66. The van der Waals surface area contributed by atoms with Gasteiger partial charge in [-0.1, -0.05) is 6.92 Å². The zero-order valence-corrected chi connectivity index (χ0v) is 14.3. The summed E-state index contributed by atoms with van der Waals surface area (Å²) in [5.41, 5.74) is 0. The molecule has 1 unspecified atom stereocenters. The zero-order valence-electron chi connectivity index (χ0n) is 12.7. The van der Waals surface area contributed by atoms with E-state index in [0.29, 0.717) is 17.3 Å². The van der Waals surface area contributed by atoms with Gasteiger partial charge in [0.1, 0.15) is 4.21 Å². The third kappa shape index (κ3) is 4.26. The highest BCUT2D eigenvalue weighted by molar-refractivity contribution is 7.91. The molecule has 2 rings (SSSR count). The Morgan fingerprint density at radius 1 is 1.48 bits per heavy atom. The Balaban J connectivity index is 2.05. The first-order valence-electron chi connectivity index (χ1n) is 7.40. The normalized spacial score (nSPS) is 20.8. The highest BCUT2D eigenvalue weighted by Crippen LogP contribution is 2.27. The van der Waals surface area contributed by atoms with Crippen LogP contribution in [0.1, 0.15) is 31.1 Å². The number of nitrogens with zero attached hydrogens (tertiary/aromatic N) is 1. The van der Waals surface area contributed by atoms with E-state index in [0.717, 1.165) is 37.2 Å². The molecule has 2 heterocycles. The third-order valence-electron chi connectivity index (χ3n) is 3.63. The van der Waals surface area contributed by atoms with E-state index in [4.69, 9.17) is 4.74 Å². The van der Waals surface area contributed by atoms with Crippen LogP contribution in [0.2, 0.25) is 0 Å². The Bertz CT molecular complexity index is 542. The maximum atomic E-state index is 12.7. The zero-order chi connectivity index (χ0) is 15.3. The average Bonchev–Trinajstić information content (AvgIpc) is 2.97. The van der Waals surface area contributed by atoms with Crippen molar-refractivity contribution in [1.82, 2.24) is 9.62 Å². The van der Waals surface area contributed by atoms with Gasteiger partial charge in [0, 0.05) is 31.6 Å². The lowest BCUT2D eigenvalue weighted by Crippen LogP contribution is -2.42. The van der Waals surface area contributed by atoms with E-state index in [1.807, 2.05) is 6.07 Å². The standard InChI is InChI=1S/C14H24N2O3S2/c1-3-8-15-10-13-6-7-14(20-13)21(17,18)16-9-4-5-12(11-16)19-2/h6-7,12,15H,3-5,8-11H2,1-2H3. The molecule has 1 atom stereocenters. The molecule has 0 aliphatic carbocycles. The molecule has 0 spiro atoms. The van der Waals surface area contributed by atoms with Crippen molar-refractivity contribution in [2.45, 2.75) is 43.0 Å². The van der Waals surface area contributed by atoms with Gasteiger partial charge in [-0.05, 0) is 37.9 Å². The molecule has 0 radical (unpaired) electrons. The SMILES string of the molecule is CCCNCc1ccc(S(=O)(=O)N2CCCC(OC)C2)s1. The van der Waals surface area contributed by atoms with Crippen LogP contribution < -0.4 is 5.32 Å². The number of hydrogen-bond donors (Lipinski definition) is 1. The van der Waals surface area contributed by atoms with Crippen LogP contribution in [0.4, 0.5) is 0 Å². The Kier molecular flexibility index (Phi) is 6.19. The first-order chi connectivity index (χ1) is 10.1. The Labute approximate surface area is 131 Å². The summed E-state index contributed by atoms with van der Waals surface area (Å²) in [6.07, 6.45) is 2.87. The van der Waals surface area contributed by atoms with Crippen molar-refractivity contribution in [2.75, 3.05) is 26.7 Å². The molecule has 0 amide bonds. The van der Waals surface area contributed by atoms with E-state index in [-0.39, 0.29) is 6.10 Å². The molecule has 1 saturated heterocycles. The van der Waals surface area contributed by atoms with Gasteiger partial charge < -0.3 is 10.1 Å². The minimum atomic E-state index is -3.37. The van der Waals surface area contributed by atoms with Gasteiger partial charge in [-0.15, -0.1) is 11.3 Å². The monoisotopic (exact) mass is 332 g/mol. The molecule has 21 heavy (non-hydrogen) atoms. The van der Waals surface area contributed by atoms with Crippen LogP contribution in [-0.2, 0) is 21.3 Å². The quantitative estimate of drug-likeness (QED) is 0.777. The average molecular weight is 332 g/mol. The summed E-state index contributed by atoms with van der Waals surface area (Å²) < 4.78 is 32.6. The summed E-state index contributed by atoms with van der Waals surface area (Å²) in [5.74, 6) is 0. The lowest BCUT2D eigenvalue weighted by molar-refractivity contribution is 0.0572. The molecule has 1 N–H and O–H groups in total. The van der Waals surface area contributed by atoms with Crippen molar-refractivity contribution in [1.29, 1.82) is 0 Å². The molecule has 1 aromatic heterocycles. The molecule has 1 aliphatic rings. The van der Waals surface area contributed by atoms with Gasteiger partial charge in [0.15, 0.2) is 0 Å². The van der Waals surface area contributed by atoms with E-state index < -0.39 is 10.0 Å². The number of sulfonamides is 1. The summed E-state index contributed by atoms with van der Waals surface area (Å²) in [6.45, 7) is 4.83. The Hall–Kier alpha value is -0.470. The van der Waals surface area contributed by atoms with Crippen molar-refractivity contribution in [3.8, 4) is 0 Å². The molecule has 7 heteroatoms. The number of rotatable bonds is 7. The number of hydrogen-bond acceptors (Lipinski definition) is 5. The Morgan fingerprint density at radius 2 is 2.29 bits per heavy atom.